The Morgan fingerprint density at radius 2 is 1.89 bits per heavy atom. The van der Waals surface area contributed by atoms with Gasteiger partial charge in [0.25, 0.3) is 5.56 Å². The lowest BCUT2D eigenvalue weighted by Crippen LogP contribution is -2.67. The molecule has 1 aromatic heterocycles. The second-order valence-corrected chi connectivity index (χ2v) is 9.69. The summed E-state index contributed by atoms with van der Waals surface area (Å²) in [6, 6.07) is 6.23. The third-order valence-electron chi connectivity index (χ3n) is 5.24. The van der Waals surface area contributed by atoms with Crippen LogP contribution in [-0.2, 0) is 21.0 Å². The highest BCUT2D eigenvalue weighted by Crippen LogP contribution is 2.38. The molecule has 8 nitrogen and oxygen atoms in total. The summed E-state index contributed by atoms with van der Waals surface area (Å²) < 4.78 is 30.2. The molecule has 4 rings (SSSR count). The van der Waals surface area contributed by atoms with Crippen LogP contribution in [0.25, 0.3) is 5.69 Å². The fraction of sp³-hybridized carbons (Fsp3) is 0.474. The van der Waals surface area contributed by atoms with Gasteiger partial charge in [-0.3, -0.25) is 9.36 Å². The van der Waals surface area contributed by atoms with Crippen LogP contribution in [0, 0.1) is 5.41 Å². The normalized spacial score (nSPS) is 18.0. The highest BCUT2D eigenvalue weighted by atomic mass is 32.2. The number of benzene rings is 1. The van der Waals surface area contributed by atoms with E-state index in [1.165, 1.54) is 16.7 Å². The van der Waals surface area contributed by atoms with Crippen molar-refractivity contribution in [3.05, 3.63) is 46.5 Å². The zero-order valence-corrected chi connectivity index (χ0v) is 16.5. The molecule has 2 fully saturated rings. The van der Waals surface area contributed by atoms with Gasteiger partial charge in [0, 0.05) is 37.8 Å². The third kappa shape index (κ3) is 3.45. The van der Waals surface area contributed by atoms with Gasteiger partial charge in [-0.2, -0.15) is 0 Å². The number of aryl methyl sites for hydroxylation is 1. The van der Waals surface area contributed by atoms with Crippen LogP contribution in [0.1, 0.15) is 12.1 Å². The molecular weight excluding hydrogens is 382 g/mol. The molecule has 0 unspecified atom stereocenters. The number of aliphatic hydroxyl groups excluding tert-OH is 1. The second kappa shape index (κ2) is 6.98. The van der Waals surface area contributed by atoms with Crippen LogP contribution in [0.5, 0.6) is 0 Å². The van der Waals surface area contributed by atoms with Crippen molar-refractivity contribution in [1.29, 1.82) is 0 Å². The predicted molar refractivity (Wildman–Crippen MR) is 104 cm³/mol. The number of rotatable bonds is 6. The van der Waals surface area contributed by atoms with E-state index in [2.05, 4.69) is 4.98 Å². The van der Waals surface area contributed by atoms with Crippen molar-refractivity contribution in [3.63, 3.8) is 0 Å². The van der Waals surface area contributed by atoms with Crippen LogP contribution in [0.2, 0.25) is 0 Å². The number of hydrogen-bond donors (Lipinski definition) is 1. The van der Waals surface area contributed by atoms with E-state index in [-0.39, 0.29) is 22.5 Å². The van der Waals surface area contributed by atoms with E-state index in [1.807, 2.05) is 4.90 Å². The van der Waals surface area contributed by atoms with E-state index in [4.69, 9.17) is 9.84 Å². The Labute approximate surface area is 163 Å². The van der Waals surface area contributed by atoms with Crippen LogP contribution >= 0.6 is 0 Å². The molecule has 0 aliphatic carbocycles. The molecule has 2 aromatic rings. The minimum atomic E-state index is -3.31. The number of sulfone groups is 1. The van der Waals surface area contributed by atoms with Gasteiger partial charge in [-0.05, 0) is 37.1 Å². The largest absolute Gasteiger partial charge is 0.396 e. The zero-order chi connectivity index (χ0) is 19.9. The van der Waals surface area contributed by atoms with Gasteiger partial charge in [0.2, 0.25) is 0 Å². The maximum Gasteiger partial charge on any atom is 0.298 e. The van der Waals surface area contributed by atoms with Crippen LogP contribution in [0.4, 0.5) is 5.82 Å². The average molecular weight is 405 g/mol. The Morgan fingerprint density at radius 1 is 1.21 bits per heavy atom. The number of ether oxygens (including phenoxy) is 1. The minimum Gasteiger partial charge on any atom is -0.396 e. The number of anilines is 1. The van der Waals surface area contributed by atoms with Crippen LogP contribution < -0.4 is 10.5 Å². The maximum atomic E-state index is 13.1. The van der Waals surface area contributed by atoms with Gasteiger partial charge in [-0.1, -0.05) is 0 Å². The summed E-state index contributed by atoms with van der Waals surface area (Å²) in [6.45, 7) is 2.96. The van der Waals surface area contributed by atoms with E-state index in [1.54, 1.807) is 18.3 Å². The van der Waals surface area contributed by atoms with Gasteiger partial charge in [0.15, 0.2) is 15.7 Å². The summed E-state index contributed by atoms with van der Waals surface area (Å²) in [5.41, 5.74) is 1.20. The van der Waals surface area contributed by atoms with Crippen LogP contribution in [0.3, 0.4) is 0 Å². The lowest BCUT2D eigenvalue weighted by Gasteiger charge is -2.55. The third-order valence-corrected chi connectivity index (χ3v) is 6.37. The minimum absolute atomic E-state index is 0.0450. The number of hydrogen-bond acceptors (Lipinski definition) is 7. The topological polar surface area (TPSA) is 102 Å². The first kappa shape index (κ1) is 19.1. The zero-order valence-electron chi connectivity index (χ0n) is 15.7. The Kier molecular flexibility index (Phi) is 4.76. The number of aliphatic hydroxyl groups is 1. The first-order chi connectivity index (χ1) is 13.3. The Balaban J connectivity index is 1.71. The van der Waals surface area contributed by atoms with Crippen molar-refractivity contribution in [1.82, 2.24) is 9.55 Å². The van der Waals surface area contributed by atoms with Crippen molar-refractivity contribution < 1.29 is 18.3 Å². The molecule has 0 radical (unpaired) electrons. The SMILES string of the molecule is CS(=O)(=O)c1ccc(-n2cc(CCCO)nc(N3CC4(COC4)C3)c2=O)cc1. The van der Waals surface area contributed by atoms with Crippen molar-refractivity contribution in [2.45, 2.75) is 17.7 Å². The fourth-order valence-corrected chi connectivity index (χ4v) is 4.28. The van der Waals surface area contributed by atoms with E-state index in [0.29, 0.717) is 30.0 Å². The smallest absolute Gasteiger partial charge is 0.298 e. The van der Waals surface area contributed by atoms with Crippen molar-refractivity contribution in [3.8, 4) is 5.69 Å². The van der Waals surface area contributed by atoms with Crippen LogP contribution in [0.15, 0.2) is 40.2 Å². The molecule has 1 spiro atoms. The van der Waals surface area contributed by atoms with E-state index >= 15 is 0 Å². The Bertz CT molecular complexity index is 1030. The second-order valence-electron chi connectivity index (χ2n) is 7.67. The Morgan fingerprint density at radius 3 is 2.43 bits per heavy atom. The summed E-state index contributed by atoms with van der Waals surface area (Å²) >= 11 is 0. The molecule has 9 heteroatoms. The molecule has 1 aromatic carbocycles. The van der Waals surface area contributed by atoms with Crippen molar-refractivity contribution in [2.75, 3.05) is 44.1 Å². The first-order valence-corrected chi connectivity index (χ1v) is 11.1. The van der Waals surface area contributed by atoms with E-state index < -0.39 is 9.84 Å². The van der Waals surface area contributed by atoms with E-state index in [9.17, 15) is 13.2 Å². The van der Waals surface area contributed by atoms with Gasteiger partial charge in [0.05, 0.1) is 29.2 Å². The lowest BCUT2D eigenvalue weighted by atomic mass is 9.78. The molecule has 0 bridgehead atoms. The van der Waals surface area contributed by atoms with Gasteiger partial charge in [-0.25, -0.2) is 13.4 Å². The quantitative estimate of drug-likeness (QED) is 0.742. The standard InChI is InChI=1S/C19H23N3O5S/c1-28(25,26)16-6-4-15(5-7-16)22-9-14(3-2-8-23)20-17(18(22)24)21-10-19(11-21)12-27-13-19/h4-7,9,23H,2-3,8,10-13H2,1H3. The first-order valence-electron chi connectivity index (χ1n) is 9.18. The molecular formula is C19H23N3O5S. The van der Waals surface area contributed by atoms with Gasteiger partial charge >= 0.3 is 0 Å². The van der Waals surface area contributed by atoms with Crippen molar-refractivity contribution >= 4 is 15.7 Å². The molecule has 0 saturated carbocycles. The molecule has 0 atom stereocenters. The summed E-state index contributed by atoms with van der Waals surface area (Å²) in [5.74, 6) is 0.389. The lowest BCUT2D eigenvalue weighted by molar-refractivity contribution is -0.127. The van der Waals surface area contributed by atoms with Crippen LogP contribution in [-0.4, -0.2) is 62.2 Å². The van der Waals surface area contributed by atoms with Gasteiger partial charge in [-0.15, -0.1) is 0 Å². The van der Waals surface area contributed by atoms with Gasteiger partial charge < -0.3 is 14.7 Å². The van der Waals surface area contributed by atoms with Crippen molar-refractivity contribution in [2.24, 2.45) is 5.41 Å². The summed E-state index contributed by atoms with van der Waals surface area (Å²) in [6.07, 6.45) is 3.91. The monoisotopic (exact) mass is 405 g/mol. The summed E-state index contributed by atoms with van der Waals surface area (Å²) in [5, 5.41) is 9.14. The molecule has 28 heavy (non-hydrogen) atoms. The highest BCUT2D eigenvalue weighted by molar-refractivity contribution is 7.90. The number of nitrogens with zero attached hydrogens (tertiary/aromatic N) is 3. The molecule has 3 heterocycles. The fourth-order valence-electron chi connectivity index (χ4n) is 3.65. The van der Waals surface area contributed by atoms with E-state index in [0.717, 1.165) is 32.6 Å². The molecule has 2 aliphatic rings. The predicted octanol–water partition coefficient (Wildman–Crippen LogP) is 0.397. The molecule has 2 saturated heterocycles. The molecule has 1 N–H and O–H groups in total. The molecule has 2 aliphatic heterocycles. The highest BCUT2D eigenvalue weighted by Gasteiger charge is 2.50. The average Bonchev–Trinajstić information content (AvgIpc) is 2.59. The summed E-state index contributed by atoms with van der Waals surface area (Å²) in [4.78, 5) is 19.8. The molecule has 150 valence electrons. The Hall–Kier alpha value is -2.23. The number of aromatic nitrogens is 2. The van der Waals surface area contributed by atoms with Gasteiger partial charge in [0.1, 0.15) is 0 Å². The maximum absolute atomic E-state index is 13.1. The molecule has 0 amide bonds. The summed E-state index contributed by atoms with van der Waals surface area (Å²) in [7, 11) is -3.31.